The standard InChI is InChI=1S/C20H25N5O3/c1-3-15-7-5-6-8-16(15)23-18-13-17(21-14-22-18)19(26)24-9-11-25(12-10-24)20(27)28-4-2/h5-8,13-14H,3-4,9-12H2,1-2H3,(H,21,22,23). The predicted octanol–water partition coefficient (Wildman–Crippen LogP) is 2.70. The number of hydrogen-bond acceptors (Lipinski definition) is 6. The third kappa shape index (κ3) is 4.57. The van der Waals surface area contributed by atoms with E-state index in [0.29, 0.717) is 44.3 Å². The summed E-state index contributed by atoms with van der Waals surface area (Å²) in [4.78, 5) is 36.3. The van der Waals surface area contributed by atoms with Crippen molar-refractivity contribution in [3.05, 3.63) is 47.9 Å². The number of ether oxygens (including phenoxy) is 1. The van der Waals surface area contributed by atoms with Gasteiger partial charge in [-0.05, 0) is 25.0 Å². The topological polar surface area (TPSA) is 87.7 Å². The minimum absolute atomic E-state index is 0.169. The first-order valence-electron chi connectivity index (χ1n) is 9.50. The molecule has 0 saturated carbocycles. The van der Waals surface area contributed by atoms with Gasteiger partial charge in [-0.1, -0.05) is 25.1 Å². The summed E-state index contributed by atoms with van der Waals surface area (Å²) in [6, 6.07) is 9.65. The van der Waals surface area contributed by atoms with Gasteiger partial charge in [0.2, 0.25) is 0 Å². The third-order valence-electron chi connectivity index (χ3n) is 4.64. The van der Waals surface area contributed by atoms with Crippen LogP contribution in [0.5, 0.6) is 0 Å². The number of amides is 2. The lowest BCUT2D eigenvalue weighted by Gasteiger charge is -2.33. The van der Waals surface area contributed by atoms with E-state index in [1.54, 1.807) is 22.8 Å². The number of aryl methyl sites for hydroxylation is 1. The average Bonchev–Trinajstić information content (AvgIpc) is 2.74. The second kappa shape index (κ2) is 9.16. The molecule has 1 fully saturated rings. The largest absolute Gasteiger partial charge is 0.450 e. The van der Waals surface area contributed by atoms with Crippen LogP contribution >= 0.6 is 0 Å². The average molecular weight is 383 g/mol. The van der Waals surface area contributed by atoms with Crippen LogP contribution in [0.25, 0.3) is 0 Å². The van der Waals surface area contributed by atoms with E-state index in [-0.39, 0.29) is 12.0 Å². The van der Waals surface area contributed by atoms with Crippen LogP contribution in [0.4, 0.5) is 16.3 Å². The van der Waals surface area contributed by atoms with E-state index < -0.39 is 0 Å². The molecule has 8 nitrogen and oxygen atoms in total. The summed E-state index contributed by atoms with van der Waals surface area (Å²) < 4.78 is 5.01. The monoisotopic (exact) mass is 383 g/mol. The number of para-hydroxylation sites is 1. The number of nitrogens with one attached hydrogen (secondary N) is 1. The molecule has 0 bridgehead atoms. The van der Waals surface area contributed by atoms with Gasteiger partial charge in [-0.2, -0.15) is 0 Å². The van der Waals surface area contributed by atoms with Crippen molar-refractivity contribution in [3.63, 3.8) is 0 Å². The fraction of sp³-hybridized carbons (Fsp3) is 0.400. The maximum Gasteiger partial charge on any atom is 0.409 e. The molecule has 2 amide bonds. The first-order valence-corrected chi connectivity index (χ1v) is 9.50. The second-order valence-electron chi connectivity index (χ2n) is 6.40. The molecule has 2 heterocycles. The van der Waals surface area contributed by atoms with Crippen LogP contribution in [-0.4, -0.2) is 64.6 Å². The lowest BCUT2D eigenvalue weighted by atomic mass is 10.1. The zero-order chi connectivity index (χ0) is 19.9. The van der Waals surface area contributed by atoms with Gasteiger partial charge in [0.25, 0.3) is 5.91 Å². The predicted molar refractivity (Wildman–Crippen MR) is 106 cm³/mol. The normalized spacial score (nSPS) is 13.9. The highest BCUT2D eigenvalue weighted by molar-refractivity contribution is 5.93. The number of hydrogen-bond donors (Lipinski definition) is 1. The number of aromatic nitrogens is 2. The van der Waals surface area contributed by atoms with E-state index in [0.717, 1.165) is 12.1 Å². The van der Waals surface area contributed by atoms with Crippen molar-refractivity contribution in [1.29, 1.82) is 0 Å². The van der Waals surface area contributed by atoms with Gasteiger partial charge < -0.3 is 19.9 Å². The fourth-order valence-corrected chi connectivity index (χ4v) is 3.10. The van der Waals surface area contributed by atoms with Crippen LogP contribution in [0, 0.1) is 0 Å². The van der Waals surface area contributed by atoms with E-state index in [1.807, 2.05) is 18.2 Å². The number of carbonyl (C=O) groups is 2. The molecule has 8 heteroatoms. The molecule has 0 radical (unpaired) electrons. The summed E-state index contributed by atoms with van der Waals surface area (Å²) in [5.74, 6) is 0.405. The summed E-state index contributed by atoms with van der Waals surface area (Å²) in [7, 11) is 0. The molecule has 0 aliphatic carbocycles. The fourth-order valence-electron chi connectivity index (χ4n) is 3.10. The molecule has 1 aromatic carbocycles. The number of carbonyl (C=O) groups excluding carboxylic acids is 2. The van der Waals surface area contributed by atoms with Crippen molar-refractivity contribution in [1.82, 2.24) is 19.8 Å². The summed E-state index contributed by atoms with van der Waals surface area (Å²) in [5.41, 5.74) is 2.46. The summed E-state index contributed by atoms with van der Waals surface area (Å²) in [6.07, 6.45) is 1.95. The molecular weight excluding hydrogens is 358 g/mol. The van der Waals surface area contributed by atoms with Gasteiger partial charge in [0.05, 0.1) is 6.61 Å². The summed E-state index contributed by atoms with van der Waals surface area (Å²) >= 11 is 0. The maximum atomic E-state index is 12.8. The molecule has 0 atom stereocenters. The van der Waals surface area contributed by atoms with Gasteiger partial charge in [0.1, 0.15) is 17.8 Å². The van der Waals surface area contributed by atoms with Gasteiger partial charge in [-0.15, -0.1) is 0 Å². The van der Waals surface area contributed by atoms with E-state index in [4.69, 9.17) is 4.74 Å². The molecule has 1 saturated heterocycles. The Kier molecular flexibility index (Phi) is 6.41. The van der Waals surface area contributed by atoms with Crippen molar-refractivity contribution < 1.29 is 14.3 Å². The molecule has 2 aromatic rings. The number of anilines is 2. The SMILES string of the molecule is CCOC(=O)N1CCN(C(=O)c2cc(Nc3ccccc3CC)ncn2)CC1. The molecule has 3 rings (SSSR count). The first-order chi connectivity index (χ1) is 13.6. The number of rotatable bonds is 5. The van der Waals surface area contributed by atoms with Crippen LogP contribution in [-0.2, 0) is 11.2 Å². The number of benzene rings is 1. The van der Waals surface area contributed by atoms with Gasteiger partial charge in [-0.3, -0.25) is 4.79 Å². The Morgan fingerprint density at radius 3 is 2.50 bits per heavy atom. The highest BCUT2D eigenvalue weighted by atomic mass is 16.6. The van der Waals surface area contributed by atoms with E-state index >= 15 is 0 Å². The van der Waals surface area contributed by atoms with Crippen molar-refractivity contribution in [2.75, 3.05) is 38.1 Å². The van der Waals surface area contributed by atoms with Gasteiger partial charge in [0, 0.05) is 37.9 Å². The van der Waals surface area contributed by atoms with Gasteiger partial charge >= 0.3 is 6.09 Å². The quantitative estimate of drug-likeness (QED) is 0.854. The van der Waals surface area contributed by atoms with Gasteiger partial charge in [-0.25, -0.2) is 14.8 Å². The molecular formula is C20H25N5O3. The minimum Gasteiger partial charge on any atom is -0.450 e. The van der Waals surface area contributed by atoms with Crippen molar-refractivity contribution in [3.8, 4) is 0 Å². The first kappa shape index (κ1) is 19.6. The zero-order valence-corrected chi connectivity index (χ0v) is 16.2. The minimum atomic E-state index is -0.335. The van der Waals surface area contributed by atoms with Crippen molar-refractivity contribution in [2.45, 2.75) is 20.3 Å². The highest BCUT2D eigenvalue weighted by Crippen LogP contribution is 2.20. The lowest BCUT2D eigenvalue weighted by molar-refractivity contribution is 0.0566. The Bertz CT molecular complexity index is 834. The van der Waals surface area contributed by atoms with Crippen LogP contribution < -0.4 is 5.32 Å². The Balaban J connectivity index is 1.65. The Morgan fingerprint density at radius 1 is 1.07 bits per heavy atom. The van der Waals surface area contributed by atoms with Gasteiger partial charge in [0.15, 0.2) is 0 Å². The van der Waals surface area contributed by atoms with Crippen LogP contribution in [0.2, 0.25) is 0 Å². The maximum absolute atomic E-state index is 12.8. The highest BCUT2D eigenvalue weighted by Gasteiger charge is 2.26. The van der Waals surface area contributed by atoms with E-state index in [1.165, 1.54) is 11.9 Å². The second-order valence-corrected chi connectivity index (χ2v) is 6.40. The number of piperazine rings is 1. The third-order valence-corrected chi connectivity index (χ3v) is 4.64. The smallest absolute Gasteiger partial charge is 0.409 e. The molecule has 1 aliphatic rings. The van der Waals surface area contributed by atoms with Crippen LogP contribution in [0.1, 0.15) is 29.9 Å². The molecule has 0 spiro atoms. The lowest BCUT2D eigenvalue weighted by Crippen LogP contribution is -2.50. The van der Waals surface area contributed by atoms with Crippen molar-refractivity contribution in [2.24, 2.45) is 0 Å². The molecule has 0 unspecified atom stereocenters. The van der Waals surface area contributed by atoms with Crippen molar-refractivity contribution >= 4 is 23.5 Å². The number of nitrogens with zero attached hydrogens (tertiary/aromatic N) is 4. The molecule has 1 aliphatic heterocycles. The molecule has 28 heavy (non-hydrogen) atoms. The summed E-state index contributed by atoms with van der Waals surface area (Å²) in [5, 5.41) is 3.27. The molecule has 148 valence electrons. The Labute approximate surface area is 164 Å². The van der Waals surface area contributed by atoms with E-state index in [9.17, 15) is 9.59 Å². The van der Waals surface area contributed by atoms with Crippen LogP contribution in [0.3, 0.4) is 0 Å². The summed E-state index contributed by atoms with van der Waals surface area (Å²) in [6.45, 7) is 6.00. The van der Waals surface area contributed by atoms with E-state index in [2.05, 4.69) is 28.3 Å². The Hall–Kier alpha value is -3.16. The Morgan fingerprint density at radius 2 is 1.79 bits per heavy atom. The molecule has 1 aromatic heterocycles. The van der Waals surface area contributed by atoms with Crippen LogP contribution in [0.15, 0.2) is 36.7 Å². The zero-order valence-electron chi connectivity index (χ0n) is 16.2. The molecule has 1 N–H and O–H groups in total.